The number of anilines is 1. The van der Waals surface area contributed by atoms with Crippen molar-refractivity contribution >= 4 is 17.4 Å². The minimum Gasteiger partial charge on any atom is -0.355 e. The van der Waals surface area contributed by atoms with Gasteiger partial charge in [-0.2, -0.15) is 18.3 Å². The molecular formula is C24H26F4N6O. The lowest BCUT2D eigenvalue weighted by atomic mass is 9.96. The van der Waals surface area contributed by atoms with E-state index < -0.39 is 35.1 Å². The fourth-order valence-electron chi connectivity index (χ4n) is 5.11. The highest BCUT2D eigenvalue weighted by molar-refractivity contribution is 5.96. The smallest absolute Gasteiger partial charge is 0.355 e. The van der Waals surface area contributed by atoms with Gasteiger partial charge >= 0.3 is 6.18 Å². The first-order valence-corrected chi connectivity index (χ1v) is 11.7. The molecule has 2 aromatic heterocycles. The molecule has 0 unspecified atom stereocenters. The number of hydrogen-bond donors (Lipinski definition) is 1. The number of aryl methyl sites for hydroxylation is 1. The number of halogens is 4. The quantitative estimate of drug-likeness (QED) is 0.560. The van der Waals surface area contributed by atoms with Crippen LogP contribution in [0, 0.1) is 12.7 Å². The number of carbonyl (C=O) groups is 1. The second kappa shape index (κ2) is 8.78. The third-order valence-electron chi connectivity index (χ3n) is 6.78. The van der Waals surface area contributed by atoms with Gasteiger partial charge in [-0.05, 0) is 44.7 Å². The van der Waals surface area contributed by atoms with Gasteiger partial charge in [-0.15, -0.1) is 0 Å². The predicted molar refractivity (Wildman–Crippen MR) is 122 cm³/mol. The van der Waals surface area contributed by atoms with E-state index >= 15 is 0 Å². The first kappa shape index (κ1) is 23.5. The molecule has 2 aliphatic rings. The molecule has 35 heavy (non-hydrogen) atoms. The first-order chi connectivity index (χ1) is 16.6. The highest BCUT2D eigenvalue weighted by Gasteiger charge is 2.41. The van der Waals surface area contributed by atoms with E-state index in [1.54, 1.807) is 10.6 Å². The Labute approximate surface area is 199 Å². The number of rotatable bonds is 3. The van der Waals surface area contributed by atoms with Crippen molar-refractivity contribution in [3.63, 3.8) is 0 Å². The van der Waals surface area contributed by atoms with Crippen molar-refractivity contribution < 1.29 is 22.4 Å². The molecule has 1 amide bonds. The maximum Gasteiger partial charge on any atom is 0.420 e. The molecule has 1 aromatic carbocycles. The van der Waals surface area contributed by atoms with Crippen LogP contribution < -0.4 is 10.6 Å². The van der Waals surface area contributed by atoms with Crippen molar-refractivity contribution in [2.45, 2.75) is 50.9 Å². The number of alkyl halides is 3. The summed E-state index contributed by atoms with van der Waals surface area (Å²) in [6.45, 7) is 3.72. The zero-order valence-electron chi connectivity index (χ0n) is 19.2. The summed E-state index contributed by atoms with van der Waals surface area (Å²) < 4.78 is 56.5. The summed E-state index contributed by atoms with van der Waals surface area (Å²) >= 11 is 0. The summed E-state index contributed by atoms with van der Waals surface area (Å²) in [5.74, 6) is -1.49. The van der Waals surface area contributed by atoms with Crippen LogP contribution in [0.15, 0.2) is 30.5 Å². The Morgan fingerprint density at radius 1 is 1.17 bits per heavy atom. The van der Waals surface area contributed by atoms with E-state index in [4.69, 9.17) is 10.7 Å². The Bertz CT molecular complexity index is 1270. The van der Waals surface area contributed by atoms with Crippen LogP contribution in [0.1, 0.15) is 58.9 Å². The molecule has 0 aliphatic carbocycles. The van der Waals surface area contributed by atoms with Gasteiger partial charge in [-0.25, -0.2) is 13.9 Å². The maximum absolute atomic E-state index is 14.1. The number of aromatic nitrogens is 3. The van der Waals surface area contributed by atoms with E-state index in [9.17, 15) is 22.4 Å². The largest absolute Gasteiger partial charge is 0.420 e. The van der Waals surface area contributed by atoms with Gasteiger partial charge < -0.3 is 15.5 Å². The lowest BCUT2D eigenvalue weighted by molar-refractivity contribution is -0.140. The van der Waals surface area contributed by atoms with Crippen molar-refractivity contribution in [2.75, 3.05) is 24.5 Å². The fraction of sp³-hybridized carbons (Fsp3) is 0.458. The van der Waals surface area contributed by atoms with Crippen LogP contribution in [-0.2, 0) is 6.18 Å². The molecule has 0 bridgehead atoms. The Kier molecular flexibility index (Phi) is 5.90. The highest BCUT2D eigenvalue weighted by atomic mass is 19.4. The van der Waals surface area contributed by atoms with Gasteiger partial charge in [0.05, 0.1) is 17.3 Å². The van der Waals surface area contributed by atoms with Crippen LogP contribution in [0.2, 0.25) is 0 Å². The SMILES string of the molecule is Cc1cn2nc([C@@H]3CCCCN3C(=O)c3cccc(F)c3C(F)(F)F)cc2nc1N1CC[C@H](N)C1. The normalized spacial score (nSPS) is 21.2. The number of piperidine rings is 1. The summed E-state index contributed by atoms with van der Waals surface area (Å²) in [5.41, 5.74) is 5.88. The number of carbonyl (C=O) groups excluding carboxylic acids is 1. The Morgan fingerprint density at radius 3 is 2.69 bits per heavy atom. The second-order valence-electron chi connectivity index (χ2n) is 9.28. The summed E-state index contributed by atoms with van der Waals surface area (Å²) in [6, 6.07) is 4.20. The first-order valence-electron chi connectivity index (χ1n) is 11.7. The van der Waals surface area contributed by atoms with Crippen molar-refractivity contribution in [3.05, 3.63) is 58.7 Å². The fourth-order valence-corrected chi connectivity index (χ4v) is 5.11. The van der Waals surface area contributed by atoms with Gasteiger partial charge in [-0.3, -0.25) is 4.79 Å². The van der Waals surface area contributed by atoms with Crippen LogP contribution in [0.3, 0.4) is 0 Å². The maximum atomic E-state index is 14.1. The molecule has 4 heterocycles. The summed E-state index contributed by atoms with van der Waals surface area (Å²) in [7, 11) is 0. The van der Waals surface area contributed by atoms with Gasteiger partial charge in [0.15, 0.2) is 5.65 Å². The average Bonchev–Trinajstić information content (AvgIpc) is 3.42. The van der Waals surface area contributed by atoms with Crippen LogP contribution in [0.25, 0.3) is 5.65 Å². The Hall–Kier alpha value is -3.21. The number of hydrogen-bond acceptors (Lipinski definition) is 5. The molecule has 0 spiro atoms. The van der Waals surface area contributed by atoms with Gasteiger partial charge in [-0.1, -0.05) is 6.07 Å². The molecule has 2 N–H and O–H groups in total. The van der Waals surface area contributed by atoms with Gasteiger partial charge in [0, 0.05) is 43.5 Å². The van der Waals surface area contributed by atoms with E-state index in [-0.39, 0.29) is 12.6 Å². The molecule has 2 fully saturated rings. The number of likely N-dealkylation sites (tertiary alicyclic amines) is 1. The predicted octanol–water partition coefficient (Wildman–Crippen LogP) is 4.10. The van der Waals surface area contributed by atoms with E-state index in [0.717, 1.165) is 42.9 Å². The van der Waals surface area contributed by atoms with Crippen molar-refractivity contribution in [2.24, 2.45) is 5.73 Å². The van der Waals surface area contributed by atoms with Gasteiger partial charge in [0.2, 0.25) is 0 Å². The third-order valence-corrected chi connectivity index (χ3v) is 6.78. The molecule has 0 saturated carbocycles. The minimum atomic E-state index is -4.99. The monoisotopic (exact) mass is 490 g/mol. The standard InChI is InChI=1S/C24H26F4N6O/c1-14-12-34-20(30-22(14)32-10-8-15(29)13-32)11-18(31-34)19-7-2-3-9-33(19)23(35)16-5-4-6-17(25)21(16)24(26,27)28/h4-6,11-12,15,19H,2-3,7-10,13,29H2,1H3/t15-,19-/m0/s1. The molecule has 5 rings (SSSR count). The molecule has 2 aliphatic heterocycles. The molecule has 2 saturated heterocycles. The van der Waals surface area contributed by atoms with Crippen LogP contribution >= 0.6 is 0 Å². The summed E-state index contributed by atoms with van der Waals surface area (Å²) in [6.07, 6.45) is -0.270. The molecule has 3 aromatic rings. The van der Waals surface area contributed by atoms with Crippen molar-refractivity contribution in [1.29, 1.82) is 0 Å². The molecule has 11 heteroatoms. The Morgan fingerprint density at radius 2 is 1.97 bits per heavy atom. The van der Waals surface area contributed by atoms with Gasteiger partial charge in [0.1, 0.15) is 17.2 Å². The number of nitrogens with zero attached hydrogens (tertiary/aromatic N) is 5. The van der Waals surface area contributed by atoms with Crippen molar-refractivity contribution in [1.82, 2.24) is 19.5 Å². The van der Waals surface area contributed by atoms with Crippen LogP contribution in [0.4, 0.5) is 23.4 Å². The average molecular weight is 491 g/mol. The number of nitrogens with two attached hydrogens (primary N) is 1. The molecule has 186 valence electrons. The number of amides is 1. The topological polar surface area (TPSA) is 79.8 Å². The second-order valence-corrected chi connectivity index (χ2v) is 9.28. The van der Waals surface area contributed by atoms with E-state index in [1.165, 1.54) is 4.90 Å². The molecule has 0 radical (unpaired) electrons. The zero-order chi connectivity index (χ0) is 24.9. The molecule has 7 nitrogen and oxygen atoms in total. The lowest BCUT2D eigenvalue weighted by Crippen LogP contribution is -2.39. The van der Waals surface area contributed by atoms with Gasteiger partial charge in [0.25, 0.3) is 5.91 Å². The number of fused-ring (bicyclic) bond motifs is 1. The third kappa shape index (κ3) is 4.33. The van der Waals surface area contributed by atoms with Crippen LogP contribution in [-0.4, -0.2) is 51.1 Å². The lowest BCUT2D eigenvalue weighted by Gasteiger charge is -2.35. The highest BCUT2D eigenvalue weighted by Crippen LogP contribution is 2.37. The Balaban J connectivity index is 1.50. The number of benzene rings is 1. The summed E-state index contributed by atoms with van der Waals surface area (Å²) in [4.78, 5) is 21.6. The molecular weight excluding hydrogens is 464 g/mol. The molecule has 2 atom stereocenters. The van der Waals surface area contributed by atoms with E-state index in [0.29, 0.717) is 36.8 Å². The summed E-state index contributed by atoms with van der Waals surface area (Å²) in [5, 5.41) is 4.62. The zero-order valence-corrected chi connectivity index (χ0v) is 19.2. The minimum absolute atomic E-state index is 0.0964. The van der Waals surface area contributed by atoms with Crippen LogP contribution in [0.5, 0.6) is 0 Å². The van der Waals surface area contributed by atoms with E-state index in [1.807, 2.05) is 13.1 Å². The van der Waals surface area contributed by atoms with Crippen molar-refractivity contribution in [3.8, 4) is 0 Å². The van der Waals surface area contributed by atoms with E-state index in [2.05, 4.69) is 10.00 Å².